The van der Waals surface area contributed by atoms with E-state index in [-0.39, 0.29) is 17.3 Å². The van der Waals surface area contributed by atoms with Crippen molar-refractivity contribution in [2.24, 2.45) is 0 Å². The second kappa shape index (κ2) is 8.06. The highest BCUT2D eigenvalue weighted by Gasteiger charge is 2.23. The molecule has 2 aromatic carbocycles. The molecule has 1 aliphatic rings. The van der Waals surface area contributed by atoms with Gasteiger partial charge in [0.15, 0.2) is 0 Å². The Bertz CT molecular complexity index is 908. The summed E-state index contributed by atoms with van der Waals surface area (Å²) in [6, 6.07) is 12.6. The lowest BCUT2D eigenvalue weighted by molar-refractivity contribution is -0.130. The maximum atomic E-state index is 12.9. The molecule has 0 saturated carbocycles. The Hall–Kier alpha value is -2.45. The van der Waals surface area contributed by atoms with Crippen molar-refractivity contribution in [1.29, 1.82) is 0 Å². The van der Waals surface area contributed by atoms with Crippen LogP contribution in [0.3, 0.4) is 0 Å². The molecule has 1 amide bonds. The standard InChI is InChI=1S/C19H22FN3O3S/c1-15-4-2-3-5-18(15)22-10-12-23(13-11-22)19(24)14-21-27(25,26)17-8-6-16(20)7-9-17/h2-9,21H,10-14H2,1H3. The van der Waals surface area contributed by atoms with Gasteiger partial charge in [0.2, 0.25) is 15.9 Å². The first-order chi connectivity index (χ1) is 12.9. The van der Waals surface area contributed by atoms with Gasteiger partial charge in [-0.15, -0.1) is 0 Å². The molecule has 2 aromatic rings. The molecule has 0 radical (unpaired) electrons. The van der Waals surface area contributed by atoms with Crippen LogP contribution in [0.5, 0.6) is 0 Å². The number of hydrogen-bond donors (Lipinski definition) is 1. The monoisotopic (exact) mass is 391 g/mol. The van der Waals surface area contributed by atoms with Gasteiger partial charge in [-0.05, 0) is 42.8 Å². The Morgan fingerprint density at radius 3 is 2.30 bits per heavy atom. The first-order valence-electron chi connectivity index (χ1n) is 8.70. The van der Waals surface area contributed by atoms with E-state index in [2.05, 4.69) is 28.7 Å². The maximum Gasteiger partial charge on any atom is 0.241 e. The zero-order chi connectivity index (χ0) is 19.4. The minimum absolute atomic E-state index is 0.0685. The van der Waals surface area contributed by atoms with Gasteiger partial charge < -0.3 is 9.80 Å². The Labute approximate surface area is 158 Å². The molecule has 27 heavy (non-hydrogen) atoms. The summed E-state index contributed by atoms with van der Waals surface area (Å²) in [5.74, 6) is -0.790. The summed E-state index contributed by atoms with van der Waals surface area (Å²) in [6.45, 7) is 4.20. The lowest BCUT2D eigenvalue weighted by Crippen LogP contribution is -2.51. The van der Waals surface area contributed by atoms with Crippen LogP contribution in [0.1, 0.15) is 5.56 Å². The molecule has 1 heterocycles. The Balaban J connectivity index is 1.54. The summed E-state index contributed by atoms with van der Waals surface area (Å²) in [6.07, 6.45) is 0. The van der Waals surface area contributed by atoms with Crippen molar-refractivity contribution in [3.63, 3.8) is 0 Å². The SMILES string of the molecule is Cc1ccccc1N1CCN(C(=O)CNS(=O)(=O)c2ccc(F)cc2)CC1. The fraction of sp³-hybridized carbons (Fsp3) is 0.316. The average molecular weight is 391 g/mol. The Morgan fingerprint density at radius 1 is 1.04 bits per heavy atom. The van der Waals surface area contributed by atoms with Gasteiger partial charge in [0.25, 0.3) is 0 Å². The van der Waals surface area contributed by atoms with Gasteiger partial charge in [-0.3, -0.25) is 4.79 Å². The summed E-state index contributed by atoms with van der Waals surface area (Å²) >= 11 is 0. The van der Waals surface area contributed by atoms with Gasteiger partial charge in [0, 0.05) is 31.9 Å². The lowest BCUT2D eigenvalue weighted by atomic mass is 10.1. The van der Waals surface area contributed by atoms with Crippen molar-refractivity contribution in [2.75, 3.05) is 37.6 Å². The second-order valence-corrected chi connectivity index (χ2v) is 8.20. The van der Waals surface area contributed by atoms with E-state index in [1.807, 2.05) is 12.1 Å². The number of halogens is 1. The van der Waals surface area contributed by atoms with E-state index >= 15 is 0 Å². The number of sulfonamides is 1. The molecular formula is C19H22FN3O3S. The molecule has 0 bridgehead atoms. The number of piperazine rings is 1. The topological polar surface area (TPSA) is 69.7 Å². The summed E-state index contributed by atoms with van der Waals surface area (Å²) < 4.78 is 39.6. The van der Waals surface area contributed by atoms with E-state index in [0.29, 0.717) is 26.2 Å². The number of amides is 1. The number of rotatable bonds is 5. The molecule has 0 atom stereocenters. The number of hydrogen-bond acceptors (Lipinski definition) is 4. The molecule has 1 N–H and O–H groups in total. The molecule has 0 spiro atoms. The Kier molecular flexibility index (Phi) is 5.76. The van der Waals surface area contributed by atoms with Crippen LogP contribution in [0.4, 0.5) is 10.1 Å². The maximum absolute atomic E-state index is 12.9. The van der Waals surface area contributed by atoms with Crippen molar-refractivity contribution in [3.05, 3.63) is 59.9 Å². The van der Waals surface area contributed by atoms with Gasteiger partial charge in [0.05, 0.1) is 11.4 Å². The molecule has 0 aliphatic carbocycles. The molecule has 0 aromatic heterocycles. The third kappa shape index (κ3) is 4.64. The number of carbonyl (C=O) groups excluding carboxylic acids is 1. The predicted molar refractivity (Wildman–Crippen MR) is 102 cm³/mol. The van der Waals surface area contributed by atoms with Gasteiger partial charge in [-0.1, -0.05) is 18.2 Å². The summed E-state index contributed by atoms with van der Waals surface area (Å²) in [4.78, 5) is 16.2. The molecule has 1 aliphatic heterocycles. The number of benzene rings is 2. The van der Waals surface area contributed by atoms with Gasteiger partial charge in [-0.25, -0.2) is 17.5 Å². The van der Waals surface area contributed by atoms with Crippen molar-refractivity contribution >= 4 is 21.6 Å². The zero-order valence-electron chi connectivity index (χ0n) is 15.1. The zero-order valence-corrected chi connectivity index (χ0v) is 15.9. The highest BCUT2D eigenvalue weighted by atomic mass is 32.2. The van der Waals surface area contributed by atoms with Crippen molar-refractivity contribution in [2.45, 2.75) is 11.8 Å². The van der Waals surface area contributed by atoms with Crippen LogP contribution in [0.25, 0.3) is 0 Å². The predicted octanol–water partition coefficient (Wildman–Crippen LogP) is 1.76. The molecule has 3 rings (SSSR count). The normalized spacial score (nSPS) is 15.0. The van der Waals surface area contributed by atoms with Crippen LogP contribution in [-0.2, 0) is 14.8 Å². The van der Waals surface area contributed by atoms with E-state index < -0.39 is 15.8 Å². The summed E-state index contributed by atoms with van der Waals surface area (Å²) in [5.41, 5.74) is 2.34. The highest BCUT2D eigenvalue weighted by Crippen LogP contribution is 2.20. The van der Waals surface area contributed by atoms with E-state index in [9.17, 15) is 17.6 Å². The van der Waals surface area contributed by atoms with Crippen LogP contribution in [0.15, 0.2) is 53.4 Å². The first kappa shape index (κ1) is 19.3. The van der Waals surface area contributed by atoms with Gasteiger partial charge in [0.1, 0.15) is 5.82 Å². The number of carbonyl (C=O) groups is 1. The smallest absolute Gasteiger partial charge is 0.241 e. The van der Waals surface area contributed by atoms with Gasteiger partial charge >= 0.3 is 0 Å². The molecule has 8 heteroatoms. The molecular weight excluding hydrogens is 369 g/mol. The number of nitrogens with zero attached hydrogens (tertiary/aromatic N) is 2. The summed E-state index contributed by atoms with van der Waals surface area (Å²) in [5, 5.41) is 0. The van der Waals surface area contributed by atoms with Crippen LogP contribution in [0, 0.1) is 12.7 Å². The van der Waals surface area contributed by atoms with E-state index in [1.54, 1.807) is 4.90 Å². The Morgan fingerprint density at radius 2 is 1.67 bits per heavy atom. The van der Waals surface area contributed by atoms with Crippen LogP contribution in [-0.4, -0.2) is 51.9 Å². The molecule has 1 saturated heterocycles. The minimum Gasteiger partial charge on any atom is -0.368 e. The van der Waals surface area contributed by atoms with Gasteiger partial charge in [-0.2, -0.15) is 0 Å². The third-order valence-corrected chi connectivity index (χ3v) is 6.04. The van der Waals surface area contributed by atoms with E-state index in [0.717, 1.165) is 17.8 Å². The lowest BCUT2D eigenvalue weighted by Gasteiger charge is -2.36. The van der Waals surface area contributed by atoms with Crippen molar-refractivity contribution in [3.8, 4) is 0 Å². The molecule has 144 valence electrons. The fourth-order valence-corrected chi connectivity index (χ4v) is 4.06. The van der Waals surface area contributed by atoms with Crippen LogP contribution in [0.2, 0.25) is 0 Å². The quantitative estimate of drug-likeness (QED) is 0.843. The van der Waals surface area contributed by atoms with E-state index in [1.165, 1.54) is 17.7 Å². The van der Waals surface area contributed by atoms with Crippen molar-refractivity contribution < 1.29 is 17.6 Å². The van der Waals surface area contributed by atoms with Crippen molar-refractivity contribution in [1.82, 2.24) is 9.62 Å². The fourth-order valence-electron chi connectivity index (χ4n) is 3.08. The number of anilines is 1. The minimum atomic E-state index is -3.84. The molecule has 1 fully saturated rings. The second-order valence-electron chi connectivity index (χ2n) is 6.43. The van der Waals surface area contributed by atoms with Crippen LogP contribution >= 0.6 is 0 Å². The summed E-state index contributed by atoms with van der Waals surface area (Å²) in [7, 11) is -3.84. The first-order valence-corrected chi connectivity index (χ1v) is 10.2. The average Bonchev–Trinajstić information content (AvgIpc) is 2.67. The third-order valence-electron chi connectivity index (χ3n) is 4.63. The molecule has 0 unspecified atom stereocenters. The van der Waals surface area contributed by atoms with Crippen LogP contribution < -0.4 is 9.62 Å². The number of para-hydroxylation sites is 1. The number of aryl methyl sites for hydroxylation is 1. The number of nitrogens with one attached hydrogen (secondary N) is 1. The highest BCUT2D eigenvalue weighted by molar-refractivity contribution is 7.89. The molecule has 6 nitrogen and oxygen atoms in total. The van der Waals surface area contributed by atoms with E-state index in [4.69, 9.17) is 0 Å². The largest absolute Gasteiger partial charge is 0.368 e.